The largest absolute Gasteiger partial charge is 0.409 e. The number of aliphatic hydroxyl groups is 3. The molecule has 2 aromatic heterocycles. The van der Waals surface area contributed by atoms with Crippen LogP contribution in [-0.2, 0) is 5.60 Å². The second kappa shape index (κ2) is 7.30. The van der Waals surface area contributed by atoms with E-state index in [1.807, 2.05) is 0 Å². The van der Waals surface area contributed by atoms with Gasteiger partial charge in [0.05, 0.1) is 39.5 Å². The van der Waals surface area contributed by atoms with E-state index in [-0.39, 0.29) is 5.49 Å². The molecule has 0 spiro atoms. The number of benzene rings is 1. The van der Waals surface area contributed by atoms with Crippen molar-refractivity contribution in [3.8, 4) is 0 Å². The minimum absolute atomic E-state index is 0.143. The van der Waals surface area contributed by atoms with Crippen molar-refractivity contribution in [2.24, 2.45) is 11.1 Å². The highest BCUT2D eigenvalue weighted by atomic mass is 35.5. The average molecular weight is 439 g/mol. The Morgan fingerprint density at radius 1 is 1.21 bits per heavy atom. The first-order valence-electron chi connectivity index (χ1n) is 9.02. The number of rotatable bonds is 3. The van der Waals surface area contributed by atoms with Crippen molar-refractivity contribution in [3.05, 3.63) is 57.9 Å². The highest BCUT2D eigenvalue weighted by molar-refractivity contribution is 6.42. The van der Waals surface area contributed by atoms with Crippen LogP contribution >= 0.6 is 23.2 Å². The summed E-state index contributed by atoms with van der Waals surface area (Å²) in [5.74, 6) is -0.666. The van der Waals surface area contributed by atoms with Crippen molar-refractivity contribution >= 4 is 34.2 Å². The lowest BCUT2D eigenvalue weighted by Gasteiger charge is -2.33. The third kappa shape index (κ3) is 3.21. The van der Waals surface area contributed by atoms with Gasteiger partial charge in [-0.05, 0) is 37.1 Å². The van der Waals surface area contributed by atoms with Crippen LogP contribution in [0.5, 0.6) is 0 Å². The number of aromatic nitrogens is 3. The Hall–Kier alpha value is -2.10. The van der Waals surface area contributed by atoms with Gasteiger partial charge >= 0.3 is 0 Å². The normalized spacial score (nSPS) is 27.4. The van der Waals surface area contributed by atoms with E-state index in [2.05, 4.69) is 15.1 Å². The Balaban J connectivity index is 1.72. The zero-order chi connectivity index (χ0) is 20.9. The number of halogens is 2. The van der Waals surface area contributed by atoms with Crippen molar-refractivity contribution in [1.82, 2.24) is 14.5 Å². The van der Waals surface area contributed by atoms with E-state index in [1.54, 1.807) is 42.0 Å². The van der Waals surface area contributed by atoms with Gasteiger partial charge in [-0.1, -0.05) is 34.4 Å². The molecule has 0 amide bonds. The molecule has 0 bridgehead atoms. The molecule has 1 aliphatic carbocycles. The van der Waals surface area contributed by atoms with Gasteiger partial charge in [0, 0.05) is 12.1 Å². The van der Waals surface area contributed by atoms with Gasteiger partial charge in [0.1, 0.15) is 11.8 Å². The van der Waals surface area contributed by atoms with Gasteiger partial charge in [-0.15, -0.1) is 0 Å². The van der Waals surface area contributed by atoms with Gasteiger partial charge in [0.15, 0.2) is 0 Å². The van der Waals surface area contributed by atoms with Crippen LogP contribution in [0.1, 0.15) is 24.9 Å². The molecular formula is C19H20Cl2N4O4. The molecule has 8 nitrogen and oxygen atoms in total. The van der Waals surface area contributed by atoms with Crippen LogP contribution in [0.25, 0.3) is 11.0 Å². The molecule has 4 rings (SSSR count). The highest BCUT2D eigenvalue weighted by Gasteiger charge is 2.50. The van der Waals surface area contributed by atoms with Gasteiger partial charge in [-0.25, -0.2) is 4.98 Å². The van der Waals surface area contributed by atoms with Crippen molar-refractivity contribution in [3.63, 3.8) is 0 Å². The van der Waals surface area contributed by atoms with Crippen LogP contribution in [0.4, 0.5) is 0 Å². The molecule has 3 aromatic rings. The maximum atomic E-state index is 11.3. The lowest BCUT2D eigenvalue weighted by atomic mass is 9.80. The van der Waals surface area contributed by atoms with E-state index < -0.39 is 29.8 Å². The Labute approximate surface area is 175 Å². The molecule has 1 fully saturated rings. The lowest BCUT2D eigenvalue weighted by molar-refractivity contribution is -0.0751. The molecule has 10 heteroatoms. The summed E-state index contributed by atoms with van der Waals surface area (Å²) in [4.78, 5) is 6.93. The van der Waals surface area contributed by atoms with Crippen LogP contribution in [-0.4, -0.2) is 47.3 Å². The summed E-state index contributed by atoms with van der Waals surface area (Å²) in [7, 11) is 0. The monoisotopic (exact) mass is 438 g/mol. The van der Waals surface area contributed by atoms with Crippen molar-refractivity contribution in [2.45, 2.75) is 37.2 Å². The van der Waals surface area contributed by atoms with E-state index in [0.29, 0.717) is 33.1 Å². The first-order chi connectivity index (χ1) is 13.8. The van der Waals surface area contributed by atoms with Gasteiger partial charge in [0.2, 0.25) is 5.49 Å². The third-order valence-electron chi connectivity index (χ3n) is 5.87. The Kier molecular flexibility index (Phi) is 5.08. The van der Waals surface area contributed by atoms with Gasteiger partial charge < -0.3 is 30.1 Å². The fourth-order valence-corrected chi connectivity index (χ4v) is 4.53. The Bertz CT molecular complexity index is 1130. The zero-order valence-electron chi connectivity index (χ0n) is 15.4. The minimum atomic E-state index is -1.46. The Morgan fingerprint density at radius 3 is 2.66 bits per heavy atom. The molecule has 5 N–H and O–H groups in total. The number of nitrogens with zero attached hydrogens (tertiary/aromatic N) is 3. The third-order valence-corrected chi connectivity index (χ3v) is 6.61. The van der Waals surface area contributed by atoms with Crippen LogP contribution < -0.4 is 5.49 Å². The molecule has 1 aromatic carbocycles. The quantitative estimate of drug-likeness (QED) is 0.316. The standard InChI is InChI=1S/C19H20Cl2N4O4/c1-19(28,9-2-3-12(20)13(21)6-9)11-7-14(16(27)15(11)26)25-5-4-10-17(24-29)22-8-23-18(10)25/h2-6,8,11,14-16,26-29H,7H2,1H3,(H,22,23,24)/t11-,14+,15+,16-,19?/m0/s1. The average Bonchev–Trinajstić information content (AvgIpc) is 3.25. The number of fused-ring (bicyclic) bond motifs is 1. The van der Waals surface area contributed by atoms with Gasteiger partial charge in [-0.2, -0.15) is 0 Å². The molecule has 0 saturated heterocycles. The van der Waals surface area contributed by atoms with Crippen LogP contribution in [0.15, 0.2) is 41.9 Å². The highest BCUT2D eigenvalue weighted by Crippen LogP contribution is 2.46. The minimum Gasteiger partial charge on any atom is -0.409 e. The van der Waals surface area contributed by atoms with Crippen LogP contribution in [0.2, 0.25) is 10.0 Å². The topological polar surface area (TPSA) is 127 Å². The fourth-order valence-electron chi connectivity index (χ4n) is 4.23. The SMILES string of the molecule is CC(O)(c1ccc(Cl)c(Cl)c1)[C@H]1C[C@@H](n2ccc3/c(=N\O)nc[nH]c32)[C@H](O)[C@@H]1O. The van der Waals surface area contributed by atoms with E-state index in [0.717, 1.165) is 0 Å². The molecule has 2 heterocycles. The summed E-state index contributed by atoms with van der Waals surface area (Å²) < 4.78 is 1.75. The van der Waals surface area contributed by atoms with Gasteiger partial charge in [0.25, 0.3) is 0 Å². The molecule has 0 aliphatic heterocycles. The maximum Gasteiger partial charge on any atom is 0.203 e. The first kappa shape index (κ1) is 20.2. The second-order valence-corrected chi connectivity index (χ2v) is 8.29. The Morgan fingerprint density at radius 2 is 1.97 bits per heavy atom. The molecule has 1 unspecified atom stereocenters. The summed E-state index contributed by atoms with van der Waals surface area (Å²) in [6.45, 7) is 1.59. The van der Waals surface area contributed by atoms with E-state index in [9.17, 15) is 15.3 Å². The smallest absolute Gasteiger partial charge is 0.203 e. The molecule has 1 saturated carbocycles. The molecule has 154 valence electrons. The zero-order valence-corrected chi connectivity index (χ0v) is 16.9. The van der Waals surface area contributed by atoms with Crippen molar-refractivity contribution in [1.29, 1.82) is 0 Å². The molecular weight excluding hydrogens is 419 g/mol. The number of aliphatic hydroxyl groups excluding tert-OH is 2. The molecule has 5 atom stereocenters. The van der Waals surface area contributed by atoms with E-state index in [4.69, 9.17) is 28.4 Å². The lowest BCUT2D eigenvalue weighted by Crippen LogP contribution is -2.40. The predicted octanol–water partition coefficient (Wildman–Crippen LogP) is 2.15. The summed E-state index contributed by atoms with van der Waals surface area (Å²) in [5, 5.41) is 46.3. The van der Waals surface area contributed by atoms with Crippen molar-refractivity contribution in [2.75, 3.05) is 0 Å². The summed E-state index contributed by atoms with van der Waals surface area (Å²) >= 11 is 12.1. The number of H-pyrrole nitrogens is 1. The van der Waals surface area contributed by atoms with Crippen molar-refractivity contribution < 1.29 is 20.5 Å². The fraction of sp³-hybridized carbons (Fsp3) is 0.368. The van der Waals surface area contributed by atoms with Crippen LogP contribution in [0, 0.1) is 5.92 Å². The van der Waals surface area contributed by atoms with Crippen LogP contribution in [0.3, 0.4) is 0 Å². The second-order valence-electron chi connectivity index (χ2n) is 7.48. The molecule has 29 heavy (non-hydrogen) atoms. The number of aromatic amines is 1. The number of nitrogens with one attached hydrogen (secondary N) is 1. The number of hydrogen-bond acceptors (Lipinski definition) is 6. The molecule has 0 radical (unpaired) electrons. The first-order valence-corrected chi connectivity index (χ1v) is 9.77. The summed E-state index contributed by atoms with van der Waals surface area (Å²) in [5.41, 5.74) is -0.231. The van der Waals surface area contributed by atoms with E-state index >= 15 is 0 Å². The maximum absolute atomic E-state index is 11.3. The van der Waals surface area contributed by atoms with E-state index in [1.165, 1.54) is 6.33 Å². The van der Waals surface area contributed by atoms with Gasteiger partial charge in [-0.3, -0.25) is 0 Å². The number of hydrogen-bond donors (Lipinski definition) is 5. The summed E-state index contributed by atoms with van der Waals surface area (Å²) in [6.07, 6.45) is 1.09. The predicted molar refractivity (Wildman–Crippen MR) is 107 cm³/mol. The molecule has 1 aliphatic rings. The summed E-state index contributed by atoms with van der Waals surface area (Å²) in [6, 6.07) is 5.99.